The SMILES string of the molecule is CC.CC1CCCN1C(=O)c1nc(C(N)=O)sc1-c1cnc(NCC(F)(F)F)cc1C(F)F.OC1CC1. The quantitative estimate of drug-likeness (QED) is 0.434. The van der Waals surface area contributed by atoms with E-state index in [9.17, 15) is 31.5 Å². The third-order valence-corrected chi connectivity index (χ3v) is 6.39. The average molecular weight is 552 g/mol. The maximum Gasteiger partial charge on any atom is 0.405 e. The molecule has 2 amide bonds. The predicted molar refractivity (Wildman–Crippen MR) is 130 cm³/mol. The van der Waals surface area contributed by atoms with Crippen molar-refractivity contribution < 1.29 is 36.6 Å². The fourth-order valence-corrected chi connectivity index (χ4v) is 4.27. The fourth-order valence-electron chi connectivity index (χ4n) is 3.33. The van der Waals surface area contributed by atoms with Gasteiger partial charge in [-0.25, -0.2) is 18.7 Å². The largest absolute Gasteiger partial charge is 0.405 e. The molecule has 2 fully saturated rings. The van der Waals surface area contributed by atoms with Gasteiger partial charge in [-0.3, -0.25) is 9.59 Å². The van der Waals surface area contributed by atoms with Crippen LogP contribution in [0.2, 0.25) is 0 Å². The van der Waals surface area contributed by atoms with E-state index in [-0.39, 0.29) is 33.3 Å². The highest BCUT2D eigenvalue weighted by molar-refractivity contribution is 7.17. The summed E-state index contributed by atoms with van der Waals surface area (Å²) in [5.41, 5.74) is 4.19. The number of carbonyl (C=O) groups is 2. The van der Waals surface area contributed by atoms with Crippen molar-refractivity contribution in [2.75, 3.05) is 18.4 Å². The molecule has 206 valence electrons. The first-order valence-corrected chi connectivity index (χ1v) is 12.6. The van der Waals surface area contributed by atoms with Crippen LogP contribution in [0.15, 0.2) is 12.3 Å². The zero-order valence-corrected chi connectivity index (χ0v) is 21.4. The Morgan fingerprint density at radius 3 is 2.35 bits per heavy atom. The summed E-state index contributed by atoms with van der Waals surface area (Å²) >= 11 is 0.657. The van der Waals surface area contributed by atoms with Crippen LogP contribution in [0, 0.1) is 0 Å². The molecule has 0 aromatic carbocycles. The molecule has 8 nitrogen and oxygen atoms in total. The number of nitrogens with zero attached hydrogens (tertiary/aromatic N) is 3. The van der Waals surface area contributed by atoms with Crippen LogP contribution in [0.5, 0.6) is 0 Å². The van der Waals surface area contributed by atoms with Crippen LogP contribution in [-0.2, 0) is 0 Å². The molecule has 3 heterocycles. The van der Waals surface area contributed by atoms with Gasteiger partial charge >= 0.3 is 6.18 Å². The number of carbonyl (C=O) groups excluding carboxylic acids is 2. The summed E-state index contributed by atoms with van der Waals surface area (Å²) in [4.78, 5) is 33.9. The molecule has 0 radical (unpaired) electrons. The zero-order valence-electron chi connectivity index (χ0n) is 20.6. The molecule has 2 aliphatic rings. The van der Waals surface area contributed by atoms with E-state index in [0.717, 1.165) is 37.9 Å². The van der Waals surface area contributed by atoms with Gasteiger partial charge in [-0.1, -0.05) is 13.8 Å². The molecule has 4 N–H and O–H groups in total. The van der Waals surface area contributed by atoms with Gasteiger partial charge < -0.3 is 21.1 Å². The molecule has 14 heteroatoms. The number of nitrogens with two attached hydrogens (primary N) is 1. The Balaban J connectivity index is 0.000000716. The van der Waals surface area contributed by atoms with Crippen LogP contribution in [-0.4, -0.2) is 63.2 Å². The molecule has 0 bridgehead atoms. The number of primary amides is 1. The van der Waals surface area contributed by atoms with E-state index in [1.807, 2.05) is 26.1 Å². The molecule has 1 aliphatic carbocycles. The normalized spacial score (nSPS) is 17.0. The number of hydrogen-bond donors (Lipinski definition) is 3. The topological polar surface area (TPSA) is 121 Å². The van der Waals surface area contributed by atoms with Crippen molar-refractivity contribution in [3.05, 3.63) is 28.5 Å². The summed E-state index contributed by atoms with van der Waals surface area (Å²) in [5, 5.41) is 9.86. The average Bonchev–Trinajstić information content (AvgIpc) is 3.32. The number of aliphatic hydroxyl groups excluding tert-OH is 1. The Morgan fingerprint density at radius 1 is 1.27 bits per heavy atom. The van der Waals surface area contributed by atoms with Gasteiger partial charge in [0.25, 0.3) is 18.2 Å². The second-order valence-corrected chi connectivity index (χ2v) is 9.21. The molecule has 37 heavy (non-hydrogen) atoms. The highest BCUT2D eigenvalue weighted by Crippen LogP contribution is 2.38. The Morgan fingerprint density at radius 2 is 1.89 bits per heavy atom. The van der Waals surface area contributed by atoms with E-state index < -0.39 is 42.3 Å². The Bertz CT molecular complexity index is 1080. The van der Waals surface area contributed by atoms with Crippen LogP contribution in [0.3, 0.4) is 0 Å². The van der Waals surface area contributed by atoms with Gasteiger partial charge in [-0.05, 0) is 38.7 Å². The first-order valence-electron chi connectivity index (χ1n) is 11.8. The number of amides is 2. The highest BCUT2D eigenvalue weighted by atomic mass is 32.1. The third-order valence-electron chi connectivity index (χ3n) is 5.29. The van der Waals surface area contributed by atoms with E-state index in [2.05, 4.69) is 9.97 Å². The Labute approximate surface area is 215 Å². The van der Waals surface area contributed by atoms with Crippen LogP contribution in [0.25, 0.3) is 10.4 Å². The number of aromatic nitrogens is 2. The number of thiazole rings is 1. The summed E-state index contributed by atoms with van der Waals surface area (Å²) in [5.74, 6) is -1.88. The third kappa shape index (κ3) is 8.59. The predicted octanol–water partition coefficient (Wildman–Crippen LogP) is 5.01. The van der Waals surface area contributed by atoms with Crippen LogP contribution in [0.4, 0.5) is 27.8 Å². The van der Waals surface area contributed by atoms with Gasteiger partial charge in [-0.15, -0.1) is 11.3 Å². The number of likely N-dealkylation sites (tertiary alicyclic amines) is 1. The molecule has 0 spiro atoms. The summed E-state index contributed by atoms with van der Waals surface area (Å²) in [6, 6.07) is 0.683. The minimum absolute atomic E-state index is 0.0388. The number of nitrogens with one attached hydrogen (secondary N) is 1. The minimum Gasteiger partial charge on any atom is -0.393 e. The first-order chi connectivity index (χ1) is 17.4. The number of pyridine rings is 1. The summed E-state index contributed by atoms with van der Waals surface area (Å²) in [6.45, 7) is 4.83. The number of anilines is 1. The molecular formula is C23H30F5N5O3S. The molecule has 2 aromatic heterocycles. The maximum atomic E-state index is 13.7. The summed E-state index contributed by atoms with van der Waals surface area (Å²) in [7, 11) is 0. The van der Waals surface area contributed by atoms with Crippen molar-refractivity contribution >= 4 is 29.0 Å². The number of hydrogen-bond acceptors (Lipinski definition) is 7. The van der Waals surface area contributed by atoms with Gasteiger partial charge in [-0.2, -0.15) is 13.2 Å². The van der Waals surface area contributed by atoms with Crippen molar-refractivity contribution in [1.29, 1.82) is 0 Å². The van der Waals surface area contributed by atoms with Gasteiger partial charge in [0, 0.05) is 29.9 Å². The number of rotatable bonds is 6. The lowest BCUT2D eigenvalue weighted by Crippen LogP contribution is -2.34. The summed E-state index contributed by atoms with van der Waals surface area (Å²) in [6.07, 6.45) is -3.03. The first kappa shape index (κ1) is 30.4. The molecule has 1 aliphatic heterocycles. The van der Waals surface area contributed by atoms with E-state index in [1.165, 1.54) is 4.90 Å². The monoisotopic (exact) mass is 551 g/mol. The lowest BCUT2D eigenvalue weighted by Gasteiger charge is -2.21. The van der Waals surface area contributed by atoms with Crippen LogP contribution < -0.4 is 11.1 Å². The van der Waals surface area contributed by atoms with Gasteiger partial charge in [0.05, 0.1) is 11.0 Å². The maximum absolute atomic E-state index is 13.7. The van der Waals surface area contributed by atoms with Gasteiger partial charge in [0.15, 0.2) is 5.01 Å². The van der Waals surface area contributed by atoms with E-state index in [0.29, 0.717) is 17.9 Å². The van der Waals surface area contributed by atoms with Crippen molar-refractivity contribution in [1.82, 2.24) is 14.9 Å². The lowest BCUT2D eigenvalue weighted by molar-refractivity contribution is -0.115. The van der Waals surface area contributed by atoms with Gasteiger partial charge in [0.1, 0.15) is 18.1 Å². The molecular weight excluding hydrogens is 521 g/mol. The fraction of sp³-hybridized carbons (Fsp3) is 0.565. The van der Waals surface area contributed by atoms with Crippen molar-refractivity contribution in [2.45, 2.75) is 71.2 Å². The Hall–Kier alpha value is -2.87. The molecule has 1 saturated carbocycles. The molecule has 1 saturated heterocycles. The van der Waals surface area contributed by atoms with Crippen molar-refractivity contribution in [2.24, 2.45) is 5.73 Å². The van der Waals surface area contributed by atoms with Crippen molar-refractivity contribution in [3.63, 3.8) is 0 Å². The second-order valence-electron chi connectivity index (χ2n) is 8.21. The van der Waals surface area contributed by atoms with E-state index in [1.54, 1.807) is 0 Å². The molecule has 4 rings (SSSR count). The Kier molecular flexibility index (Phi) is 10.7. The lowest BCUT2D eigenvalue weighted by atomic mass is 10.1. The minimum atomic E-state index is -4.56. The highest BCUT2D eigenvalue weighted by Gasteiger charge is 2.33. The number of aliphatic hydroxyl groups is 1. The van der Waals surface area contributed by atoms with Gasteiger partial charge in [0.2, 0.25) is 0 Å². The molecule has 1 unspecified atom stereocenters. The number of halogens is 5. The van der Waals surface area contributed by atoms with E-state index in [4.69, 9.17) is 10.8 Å². The standard InChI is InChI=1S/C18H18F5N5O2S.C3H6O.C2H6/c1-8-3-2-4-28(8)17(30)12-13(31-16(27-12)15(24)29)10-6-25-11(5-9(10)14(19)20)26-7-18(21,22)23;4-3-1-2-3;1-2/h5-6,8,14H,2-4,7H2,1H3,(H2,24,29)(H,25,26);3-4H,1-2H2;1-2H3. The second kappa shape index (κ2) is 13.1. The molecule has 1 atom stereocenters. The van der Waals surface area contributed by atoms with Crippen molar-refractivity contribution in [3.8, 4) is 10.4 Å². The smallest absolute Gasteiger partial charge is 0.393 e. The number of alkyl halides is 5. The zero-order chi connectivity index (χ0) is 27.9. The molecule has 2 aromatic rings. The van der Waals surface area contributed by atoms with E-state index >= 15 is 0 Å². The van der Waals surface area contributed by atoms with Crippen LogP contribution in [0.1, 0.15) is 78.7 Å². The summed E-state index contributed by atoms with van der Waals surface area (Å²) < 4.78 is 64.7. The van der Waals surface area contributed by atoms with Crippen LogP contribution >= 0.6 is 11.3 Å².